The molecule has 1 aliphatic rings. The van der Waals surface area contributed by atoms with Gasteiger partial charge in [-0.3, -0.25) is 0 Å². The van der Waals surface area contributed by atoms with E-state index in [1.807, 2.05) is 0 Å². The minimum absolute atomic E-state index is 0.579. The highest BCUT2D eigenvalue weighted by Crippen LogP contribution is 2.09. The molecule has 0 bridgehead atoms. The Kier molecular flexibility index (Phi) is 12.5. The number of unbranched alkanes of at least 4 members (excludes halogenated alkanes) is 9. The second-order valence-corrected chi connectivity index (χ2v) is 4.90. The molecule has 1 heterocycles. The molecule has 0 atom stereocenters. The van der Waals surface area contributed by atoms with Crippen LogP contribution < -0.4 is 0 Å². The Hall–Kier alpha value is -1.12. The summed E-state index contributed by atoms with van der Waals surface area (Å²) in [5, 5.41) is 0. The highest BCUT2D eigenvalue weighted by atomic mass is 16.6. The van der Waals surface area contributed by atoms with Gasteiger partial charge in [0.1, 0.15) is 0 Å². The van der Waals surface area contributed by atoms with Crippen molar-refractivity contribution in [3.8, 4) is 0 Å². The summed E-state index contributed by atoms with van der Waals surface area (Å²) in [6.07, 6.45) is 16.6. The van der Waals surface area contributed by atoms with E-state index in [1.165, 1.54) is 64.2 Å². The van der Waals surface area contributed by atoms with Crippen LogP contribution in [0.3, 0.4) is 0 Å². The van der Waals surface area contributed by atoms with Crippen molar-refractivity contribution in [2.45, 2.75) is 78.1 Å². The van der Waals surface area contributed by atoms with Crippen LogP contribution in [0.2, 0.25) is 0 Å². The lowest BCUT2D eigenvalue weighted by molar-refractivity contribution is -0.150. The summed E-state index contributed by atoms with van der Waals surface area (Å²) in [6.45, 7) is 4.56. The molecule has 0 fully saturated rings. The molecule has 19 heavy (non-hydrogen) atoms. The first kappa shape index (κ1) is 17.9. The molecule has 0 amide bonds. The first-order chi connectivity index (χ1) is 9.20. The van der Waals surface area contributed by atoms with Crippen LogP contribution in [0.1, 0.15) is 78.1 Å². The van der Waals surface area contributed by atoms with E-state index in [0.29, 0.717) is 0 Å². The minimum Gasteiger partial charge on any atom is -0.387 e. The maximum atomic E-state index is 9.92. The van der Waals surface area contributed by atoms with Gasteiger partial charge in [-0.2, -0.15) is 0 Å². The predicted octanol–water partition coefficient (Wildman–Crippen LogP) is 4.55. The first-order valence-corrected chi connectivity index (χ1v) is 7.64. The minimum atomic E-state index is -0.579. The number of hydrogen-bond donors (Lipinski definition) is 0. The number of ether oxygens (including phenoxy) is 1. The molecule has 0 saturated carbocycles. The van der Waals surface area contributed by atoms with Gasteiger partial charge in [0.15, 0.2) is 0 Å². The van der Waals surface area contributed by atoms with Crippen molar-refractivity contribution >= 4 is 11.9 Å². The fourth-order valence-electron chi connectivity index (χ4n) is 1.86. The molecule has 1 rings (SSSR count). The summed E-state index contributed by atoms with van der Waals surface area (Å²) in [7, 11) is 0. The van der Waals surface area contributed by atoms with Crippen LogP contribution in [0, 0.1) is 0 Å². The van der Waals surface area contributed by atoms with E-state index in [-0.39, 0.29) is 0 Å². The normalized spacial score (nSPS) is 13.2. The molecule has 0 aromatic carbocycles. The Labute approximate surface area is 117 Å². The SMILES string of the molecule is CCCCCCCCCCCC.O=C1C=CC(=O)O1. The molecule has 0 saturated heterocycles. The van der Waals surface area contributed by atoms with Gasteiger partial charge in [-0.15, -0.1) is 0 Å². The first-order valence-electron chi connectivity index (χ1n) is 7.64. The molecule has 0 N–H and O–H groups in total. The average Bonchev–Trinajstić information content (AvgIpc) is 2.77. The second kappa shape index (κ2) is 13.3. The molecule has 0 radical (unpaired) electrons. The molecule has 3 nitrogen and oxygen atoms in total. The lowest BCUT2D eigenvalue weighted by Crippen LogP contribution is -1.96. The molecule has 0 aromatic rings. The molecular weight excluding hydrogens is 240 g/mol. The summed E-state index contributed by atoms with van der Waals surface area (Å²) in [5.41, 5.74) is 0. The molecule has 110 valence electrons. The van der Waals surface area contributed by atoms with Crippen LogP contribution in [-0.2, 0) is 14.3 Å². The largest absolute Gasteiger partial charge is 0.387 e. The Balaban J connectivity index is 0.000000388. The maximum absolute atomic E-state index is 9.92. The second-order valence-electron chi connectivity index (χ2n) is 4.90. The number of carbonyl (C=O) groups is 2. The molecule has 0 spiro atoms. The summed E-state index contributed by atoms with van der Waals surface area (Å²) < 4.78 is 3.97. The number of carbonyl (C=O) groups excluding carboxylic acids is 2. The van der Waals surface area contributed by atoms with Gasteiger partial charge in [-0.1, -0.05) is 78.1 Å². The summed E-state index contributed by atoms with van der Waals surface area (Å²) in [4.78, 5) is 19.8. The van der Waals surface area contributed by atoms with Crippen LogP contribution in [0.25, 0.3) is 0 Å². The van der Waals surface area contributed by atoms with Gasteiger partial charge in [0.05, 0.1) is 0 Å². The Morgan fingerprint density at radius 2 is 1.00 bits per heavy atom. The van der Waals surface area contributed by atoms with Crippen LogP contribution in [0.15, 0.2) is 12.2 Å². The highest BCUT2D eigenvalue weighted by Gasteiger charge is 2.10. The summed E-state index contributed by atoms with van der Waals surface area (Å²) in [6, 6.07) is 0. The number of hydrogen-bond acceptors (Lipinski definition) is 3. The summed E-state index contributed by atoms with van der Waals surface area (Å²) in [5.74, 6) is -1.16. The van der Waals surface area contributed by atoms with Gasteiger partial charge in [-0.05, 0) is 0 Å². The van der Waals surface area contributed by atoms with Crippen molar-refractivity contribution in [2.75, 3.05) is 0 Å². The molecule has 1 aliphatic heterocycles. The number of esters is 2. The third kappa shape index (κ3) is 13.1. The van der Waals surface area contributed by atoms with Gasteiger partial charge >= 0.3 is 11.9 Å². The predicted molar refractivity (Wildman–Crippen MR) is 77.8 cm³/mol. The Bertz CT molecular complexity index is 243. The zero-order valence-electron chi connectivity index (χ0n) is 12.5. The van der Waals surface area contributed by atoms with Crippen molar-refractivity contribution in [3.05, 3.63) is 12.2 Å². The van der Waals surface area contributed by atoms with Crippen LogP contribution in [-0.4, -0.2) is 11.9 Å². The molecule has 0 aromatic heterocycles. The van der Waals surface area contributed by atoms with Crippen LogP contribution in [0.4, 0.5) is 0 Å². The van der Waals surface area contributed by atoms with Crippen molar-refractivity contribution in [1.29, 1.82) is 0 Å². The van der Waals surface area contributed by atoms with Gasteiger partial charge in [0.25, 0.3) is 0 Å². The zero-order valence-corrected chi connectivity index (χ0v) is 12.5. The number of cyclic esters (lactones) is 2. The topological polar surface area (TPSA) is 43.4 Å². The Morgan fingerprint density at radius 3 is 1.21 bits per heavy atom. The highest BCUT2D eigenvalue weighted by molar-refractivity contribution is 6.04. The van der Waals surface area contributed by atoms with Gasteiger partial charge < -0.3 is 4.74 Å². The van der Waals surface area contributed by atoms with Gasteiger partial charge in [0, 0.05) is 12.2 Å². The van der Waals surface area contributed by atoms with E-state index in [2.05, 4.69) is 18.6 Å². The molecule has 0 unspecified atom stereocenters. The third-order valence-corrected chi connectivity index (χ3v) is 3.01. The van der Waals surface area contributed by atoms with Gasteiger partial charge in [-0.25, -0.2) is 9.59 Å². The Morgan fingerprint density at radius 1 is 0.684 bits per heavy atom. The molecule has 0 aliphatic carbocycles. The van der Waals surface area contributed by atoms with E-state index in [4.69, 9.17) is 0 Å². The van der Waals surface area contributed by atoms with Crippen molar-refractivity contribution < 1.29 is 14.3 Å². The van der Waals surface area contributed by atoms with Crippen molar-refractivity contribution in [2.24, 2.45) is 0 Å². The van der Waals surface area contributed by atoms with E-state index in [1.54, 1.807) is 0 Å². The van der Waals surface area contributed by atoms with Crippen LogP contribution in [0.5, 0.6) is 0 Å². The molecule has 3 heteroatoms. The smallest absolute Gasteiger partial charge is 0.338 e. The zero-order chi connectivity index (χ0) is 14.3. The van der Waals surface area contributed by atoms with E-state index < -0.39 is 11.9 Å². The fourth-order valence-corrected chi connectivity index (χ4v) is 1.86. The maximum Gasteiger partial charge on any atom is 0.338 e. The molecular formula is C16H28O3. The third-order valence-electron chi connectivity index (χ3n) is 3.01. The fraction of sp³-hybridized carbons (Fsp3) is 0.750. The van der Waals surface area contributed by atoms with Crippen molar-refractivity contribution in [3.63, 3.8) is 0 Å². The van der Waals surface area contributed by atoms with E-state index in [0.717, 1.165) is 12.2 Å². The lowest BCUT2D eigenvalue weighted by Gasteiger charge is -1.99. The monoisotopic (exact) mass is 268 g/mol. The van der Waals surface area contributed by atoms with E-state index in [9.17, 15) is 9.59 Å². The quantitative estimate of drug-likeness (QED) is 0.350. The average molecular weight is 268 g/mol. The van der Waals surface area contributed by atoms with E-state index >= 15 is 0 Å². The van der Waals surface area contributed by atoms with Crippen LogP contribution >= 0.6 is 0 Å². The number of rotatable bonds is 9. The lowest BCUT2D eigenvalue weighted by atomic mass is 10.1. The van der Waals surface area contributed by atoms with Gasteiger partial charge in [0.2, 0.25) is 0 Å². The summed E-state index contributed by atoms with van der Waals surface area (Å²) >= 11 is 0. The standard InChI is InChI=1S/C12H26.C4H2O3/c1-3-5-7-9-11-12-10-8-6-4-2;5-3-1-2-4(6)7-3/h3-12H2,1-2H3;1-2H. The van der Waals surface area contributed by atoms with Crippen molar-refractivity contribution in [1.82, 2.24) is 0 Å².